The number of hydrogen-bond acceptors (Lipinski definition) is 9. The standard InChI is InChI=1S/C20H26FN9O4/c1-12(31)2-4-14-11-29(20(33)34-14)13-3-5-16(15(21)10-13)28-7-6-23-30(9-8-28)19(32)25-18-24-17(22)26-27-18/h3,5,10,14,23H,2,4,6-9,11H2,1H3,(H4,22,24,25,26,27,32)/t14-/m0/s1. The summed E-state index contributed by atoms with van der Waals surface area (Å²) in [7, 11) is 0. The Labute approximate surface area is 194 Å². The Morgan fingerprint density at radius 1 is 1.32 bits per heavy atom. The fraction of sp³-hybridized carbons (Fsp3) is 0.450. The van der Waals surface area contributed by atoms with Crippen LogP contribution >= 0.6 is 0 Å². The van der Waals surface area contributed by atoms with Crippen molar-refractivity contribution < 1.29 is 23.5 Å². The molecule has 3 heterocycles. The molecular weight excluding hydrogens is 449 g/mol. The summed E-state index contributed by atoms with van der Waals surface area (Å²) in [5.74, 6) is -0.337. The number of aromatic amines is 1. The van der Waals surface area contributed by atoms with Gasteiger partial charge < -0.3 is 20.2 Å². The van der Waals surface area contributed by atoms with Crippen molar-refractivity contribution in [2.75, 3.05) is 53.6 Å². The van der Waals surface area contributed by atoms with Crippen molar-refractivity contribution in [1.82, 2.24) is 25.6 Å². The molecule has 2 aromatic rings. The largest absolute Gasteiger partial charge is 0.444 e. The molecule has 2 fully saturated rings. The summed E-state index contributed by atoms with van der Waals surface area (Å²) in [5, 5.41) is 10.1. The molecule has 14 heteroatoms. The fourth-order valence-electron chi connectivity index (χ4n) is 3.81. The van der Waals surface area contributed by atoms with E-state index in [2.05, 4.69) is 25.9 Å². The van der Waals surface area contributed by atoms with Gasteiger partial charge in [0.25, 0.3) is 5.95 Å². The van der Waals surface area contributed by atoms with Gasteiger partial charge in [0.2, 0.25) is 5.95 Å². The van der Waals surface area contributed by atoms with Crippen LogP contribution < -0.4 is 26.3 Å². The Morgan fingerprint density at radius 2 is 2.15 bits per heavy atom. The highest BCUT2D eigenvalue weighted by molar-refractivity contribution is 5.90. The first kappa shape index (κ1) is 23.2. The molecule has 0 spiro atoms. The second-order valence-electron chi connectivity index (χ2n) is 8.01. The number of H-pyrrole nitrogens is 1. The van der Waals surface area contributed by atoms with Gasteiger partial charge in [-0.05, 0) is 31.5 Å². The predicted molar refractivity (Wildman–Crippen MR) is 121 cm³/mol. The Morgan fingerprint density at radius 3 is 2.85 bits per heavy atom. The second-order valence-corrected chi connectivity index (χ2v) is 8.01. The summed E-state index contributed by atoms with van der Waals surface area (Å²) >= 11 is 0. The molecule has 1 atom stereocenters. The lowest BCUT2D eigenvalue weighted by atomic mass is 10.1. The molecule has 3 amide bonds. The number of nitrogens with one attached hydrogen (secondary N) is 3. The van der Waals surface area contributed by atoms with E-state index in [1.807, 2.05) is 4.90 Å². The molecule has 0 radical (unpaired) electrons. The number of nitrogen functional groups attached to an aromatic ring is 1. The monoisotopic (exact) mass is 475 g/mol. The van der Waals surface area contributed by atoms with E-state index in [-0.39, 0.29) is 30.8 Å². The van der Waals surface area contributed by atoms with Gasteiger partial charge in [-0.15, -0.1) is 5.10 Å². The molecule has 2 aliphatic heterocycles. The maximum absolute atomic E-state index is 15.0. The Kier molecular flexibility index (Phi) is 6.77. The molecule has 5 N–H and O–H groups in total. The molecular formula is C20H26FN9O4. The number of aromatic nitrogens is 3. The quantitative estimate of drug-likeness (QED) is 0.479. The Bertz CT molecular complexity index is 1080. The summed E-state index contributed by atoms with van der Waals surface area (Å²) in [6.07, 6.45) is -0.203. The van der Waals surface area contributed by atoms with Crippen LogP contribution in [0.3, 0.4) is 0 Å². The first-order chi connectivity index (χ1) is 16.3. The highest BCUT2D eigenvalue weighted by atomic mass is 19.1. The van der Waals surface area contributed by atoms with E-state index in [1.165, 1.54) is 22.9 Å². The van der Waals surface area contributed by atoms with Crippen molar-refractivity contribution in [2.45, 2.75) is 25.9 Å². The Hall–Kier alpha value is -3.94. The minimum absolute atomic E-state index is 0.0235. The number of carbonyl (C=O) groups excluding carboxylic acids is 3. The summed E-state index contributed by atoms with van der Waals surface area (Å²) in [6, 6.07) is 4.08. The van der Waals surface area contributed by atoms with Gasteiger partial charge >= 0.3 is 12.1 Å². The molecule has 4 rings (SSSR count). The number of ether oxygens (including phenoxy) is 1. The molecule has 0 bridgehead atoms. The third-order valence-electron chi connectivity index (χ3n) is 5.52. The number of anilines is 4. The maximum Gasteiger partial charge on any atom is 0.414 e. The van der Waals surface area contributed by atoms with E-state index < -0.39 is 24.0 Å². The summed E-state index contributed by atoms with van der Waals surface area (Å²) in [4.78, 5) is 42.8. The molecule has 0 aliphatic carbocycles. The van der Waals surface area contributed by atoms with Crippen molar-refractivity contribution in [3.8, 4) is 0 Å². The first-order valence-corrected chi connectivity index (χ1v) is 10.8. The molecule has 2 saturated heterocycles. The molecule has 1 aromatic carbocycles. The highest BCUT2D eigenvalue weighted by Crippen LogP contribution is 2.29. The maximum atomic E-state index is 15.0. The minimum Gasteiger partial charge on any atom is -0.444 e. The van der Waals surface area contributed by atoms with Gasteiger partial charge in [-0.25, -0.2) is 24.5 Å². The number of benzene rings is 1. The first-order valence-electron chi connectivity index (χ1n) is 10.8. The van der Waals surface area contributed by atoms with Crippen molar-refractivity contribution in [3.63, 3.8) is 0 Å². The van der Waals surface area contributed by atoms with Crippen molar-refractivity contribution >= 4 is 41.2 Å². The average Bonchev–Trinajstić information content (AvgIpc) is 3.27. The second kappa shape index (κ2) is 9.91. The summed E-state index contributed by atoms with van der Waals surface area (Å²) in [5.41, 5.74) is 9.17. The normalized spacial score (nSPS) is 18.6. The number of hydrazine groups is 1. The van der Waals surface area contributed by atoms with E-state index in [0.29, 0.717) is 43.9 Å². The zero-order valence-corrected chi connectivity index (χ0v) is 18.6. The van der Waals surface area contributed by atoms with Crippen molar-refractivity contribution in [2.24, 2.45) is 0 Å². The lowest BCUT2D eigenvalue weighted by molar-refractivity contribution is -0.117. The number of halogens is 1. The molecule has 13 nitrogen and oxygen atoms in total. The van der Waals surface area contributed by atoms with Gasteiger partial charge in [-0.1, -0.05) is 0 Å². The van der Waals surface area contributed by atoms with Crippen LogP contribution in [-0.2, 0) is 9.53 Å². The van der Waals surface area contributed by atoms with E-state index in [1.54, 1.807) is 12.1 Å². The van der Waals surface area contributed by atoms with E-state index in [4.69, 9.17) is 10.5 Å². The SMILES string of the molecule is CC(=O)CC[C@H]1CN(c2ccc(N3CCNN(C(=O)Nc4n[nH]c(N)n4)CC3)c(F)c2)C(=O)O1. The number of carbonyl (C=O) groups is 3. The van der Waals surface area contributed by atoms with Gasteiger partial charge in [-0.2, -0.15) is 4.98 Å². The summed E-state index contributed by atoms with van der Waals surface area (Å²) < 4.78 is 20.3. The lowest BCUT2D eigenvalue weighted by Crippen LogP contribution is -2.46. The topological polar surface area (TPSA) is 162 Å². The van der Waals surface area contributed by atoms with Gasteiger partial charge in [0.15, 0.2) is 0 Å². The van der Waals surface area contributed by atoms with Crippen LogP contribution in [0.5, 0.6) is 0 Å². The van der Waals surface area contributed by atoms with Crippen LogP contribution in [0.25, 0.3) is 0 Å². The van der Waals surface area contributed by atoms with Crippen molar-refractivity contribution in [1.29, 1.82) is 0 Å². The van der Waals surface area contributed by atoms with E-state index in [9.17, 15) is 14.4 Å². The van der Waals surface area contributed by atoms with Crippen molar-refractivity contribution in [3.05, 3.63) is 24.0 Å². The van der Waals surface area contributed by atoms with Gasteiger partial charge in [0, 0.05) is 26.1 Å². The van der Waals surface area contributed by atoms with Crippen LogP contribution in [0.15, 0.2) is 18.2 Å². The van der Waals surface area contributed by atoms with Crippen LogP contribution in [-0.4, -0.2) is 76.9 Å². The number of cyclic esters (lactones) is 1. The Balaban J connectivity index is 1.37. The fourth-order valence-corrected chi connectivity index (χ4v) is 3.81. The molecule has 0 unspecified atom stereocenters. The molecule has 0 saturated carbocycles. The number of Topliss-reactive ketones (excluding diaryl/α,β-unsaturated/α-hetero) is 1. The van der Waals surface area contributed by atoms with Crippen LogP contribution in [0.2, 0.25) is 0 Å². The average molecular weight is 475 g/mol. The number of nitrogens with two attached hydrogens (primary N) is 1. The van der Waals surface area contributed by atoms with Gasteiger partial charge in [-0.3, -0.25) is 15.2 Å². The minimum atomic E-state index is -0.561. The molecule has 1 aromatic heterocycles. The third kappa shape index (κ3) is 5.33. The van der Waals surface area contributed by atoms with Gasteiger partial charge in [0.1, 0.15) is 17.7 Å². The number of urea groups is 1. The van der Waals surface area contributed by atoms with Crippen LogP contribution in [0.1, 0.15) is 19.8 Å². The third-order valence-corrected chi connectivity index (χ3v) is 5.52. The molecule has 182 valence electrons. The highest BCUT2D eigenvalue weighted by Gasteiger charge is 2.33. The molecule has 2 aliphatic rings. The smallest absolute Gasteiger partial charge is 0.414 e. The molecule has 34 heavy (non-hydrogen) atoms. The predicted octanol–water partition coefficient (Wildman–Crippen LogP) is 1.08. The van der Waals surface area contributed by atoms with E-state index in [0.717, 1.165) is 0 Å². The zero-order chi connectivity index (χ0) is 24.2. The number of nitrogens with zero attached hydrogens (tertiary/aromatic N) is 5. The lowest BCUT2D eigenvalue weighted by Gasteiger charge is -2.24. The van der Waals surface area contributed by atoms with Crippen LogP contribution in [0, 0.1) is 5.82 Å². The van der Waals surface area contributed by atoms with Crippen LogP contribution in [0.4, 0.5) is 37.3 Å². The number of rotatable bonds is 6. The number of ketones is 1. The number of hydrogen-bond donors (Lipinski definition) is 4. The van der Waals surface area contributed by atoms with Gasteiger partial charge in [0.05, 0.1) is 24.5 Å². The van der Waals surface area contributed by atoms with E-state index >= 15 is 4.39 Å². The number of amides is 3. The zero-order valence-electron chi connectivity index (χ0n) is 18.6. The summed E-state index contributed by atoms with van der Waals surface area (Å²) in [6.45, 7) is 3.22.